The normalized spacial score (nSPS) is 13.8. The van der Waals surface area contributed by atoms with E-state index >= 15 is 0 Å². The number of nitriles is 1. The predicted octanol–water partition coefficient (Wildman–Crippen LogP) is 2.30. The van der Waals surface area contributed by atoms with Crippen molar-refractivity contribution in [2.45, 2.75) is 6.92 Å². The lowest BCUT2D eigenvalue weighted by atomic mass is 10.1. The van der Waals surface area contributed by atoms with Crippen LogP contribution in [0.2, 0.25) is 5.02 Å². The van der Waals surface area contributed by atoms with E-state index in [1.165, 1.54) is 4.90 Å². The third-order valence-electron chi connectivity index (χ3n) is 2.79. The zero-order chi connectivity index (χ0) is 14.0. The summed E-state index contributed by atoms with van der Waals surface area (Å²) in [7, 11) is 1.65. The molecule has 1 atom stereocenters. The van der Waals surface area contributed by atoms with Crippen molar-refractivity contribution < 1.29 is 14.3 Å². The highest BCUT2D eigenvalue weighted by atomic mass is 35.5. The quantitative estimate of drug-likeness (QED) is 0.852. The molecule has 2 rings (SSSR count). The molecule has 0 fully saturated rings. The van der Waals surface area contributed by atoms with E-state index in [1.807, 2.05) is 0 Å². The van der Waals surface area contributed by atoms with Crippen LogP contribution in [0.1, 0.15) is 17.3 Å². The molecule has 1 aliphatic rings. The van der Waals surface area contributed by atoms with E-state index in [9.17, 15) is 4.79 Å². The maximum atomic E-state index is 12.2. The third-order valence-corrected chi connectivity index (χ3v) is 3.07. The van der Waals surface area contributed by atoms with Crippen molar-refractivity contribution >= 4 is 17.5 Å². The van der Waals surface area contributed by atoms with Crippen molar-refractivity contribution in [3.8, 4) is 17.6 Å². The molecule has 0 bridgehead atoms. The van der Waals surface area contributed by atoms with Gasteiger partial charge in [-0.2, -0.15) is 5.26 Å². The van der Waals surface area contributed by atoms with E-state index in [0.717, 1.165) is 0 Å². The Labute approximate surface area is 116 Å². The van der Waals surface area contributed by atoms with E-state index in [4.69, 9.17) is 26.3 Å². The molecule has 0 spiro atoms. The number of carbonyl (C=O) groups excluding carboxylic acids is 1. The lowest BCUT2D eigenvalue weighted by Crippen LogP contribution is -2.30. The van der Waals surface area contributed by atoms with Crippen molar-refractivity contribution in [1.29, 1.82) is 5.26 Å². The summed E-state index contributed by atoms with van der Waals surface area (Å²) in [4.78, 5) is 13.7. The second-order valence-corrected chi connectivity index (χ2v) is 4.81. The number of benzene rings is 1. The average molecular weight is 281 g/mol. The first kappa shape index (κ1) is 13.5. The van der Waals surface area contributed by atoms with Crippen LogP contribution in [0.4, 0.5) is 0 Å². The molecular formula is C13H13ClN2O3. The monoisotopic (exact) mass is 280 g/mol. The first-order valence-corrected chi connectivity index (χ1v) is 6.15. The molecule has 5 nitrogen and oxygen atoms in total. The van der Waals surface area contributed by atoms with Gasteiger partial charge in [-0.25, -0.2) is 0 Å². The van der Waals surface area contributed by atoms with E-state index in [1.54, 1.807) is 26.1 Å². The van der Waals surface area contributed by atoms with Crippen LogP contribution in [-0.2, 0) is 0 Å². The SMILES string of the molecule is CC(C#N)CN(C)C(=O)c1cc(Cl)c2c(c1)OCO2. The molecular weight excluding hydrogens is 268 g/mol. The highest BCUT2D eigenvalue weighted by molar-refractivity contribution is 6.32. The summed E-state index contributed by atoms with van der Waals surface area (Å²) < 4.78 is 10.4. The van der Waals surface area contributed by atoms with Crippen molar-refractivity contribution in [3.63, 3.8) is 0 Å². The van der Waals surface area contributed by atoms with Crippen LogP contribution in [-0.4, -0.2) is 31.2 Å². The molecule has 1 unspecified atom stereocenters. The molecule has 1 aromatic rings. The average Bonchev–Trinajstić information content (AvgIpc) is 2.86. The maximum Gasteiger partial charge on any atom is 0.253 e. The highest BCUT2D eigenvalue weighted by Gasteiger charge is 2.22. The van der Waals surface area contributed by atoms with E-state index in [2.05, 4.69) is 6.07 Å². The first-order chi connectivity index (χ1) is 9.02. The van der Waals surface area contributed by atoms with Gasteiger partial charge in [0.15, 0.2) is 11.5 Å². The van der Waals surface area contributed by atoms with Crippen LogP contribution in [0, 0.1) is 17.2 Å². The molecule has 1 heterocycles. The van der Waals surface area contributed by atoms with Gasteiger partial charge >= 0.3 is 0 Å². The van der Waals surface area contributed by atoms with Gasteiger partial charge in [0.05, 0.1) is 17.0 Å². The zero-order valence-electron chi connectivity index (χ0n) is 10.6. The number of ether oxygens (including phenoxy) is 2. The fraction of sp³-hybridized carbons (Fsp3) is 0.385. The Hall–Kier alpha value is -1.93. The Morgan fingerprint density at radius 2 is 2.32 bits per heavy atom. The summed E-state index contributed by atoms with van der Waals surface area (Å²) in [6.45, 7) is 2.23. The van der Waals surface area contributed by atoms with E-state index < -0.39 is 0 Å². The molecule has 0 radical (unpaired) electrons. The lowest BCUT2D eigenvalue weighted by Gasteiger charge is -2.18. The second-order valence-electron chi connectivity index (χ2n) is 4.41. The summed E-state index contributed by atoms with van der Waals surface area (Å²) in [6, 6.07) is 5.24. The number of fused-ring (bicyclic) bond motifs is 1. The fourth-order valence-electron chi connectivity index (χ4n) is 1.85. The van der Waals surface area contributed by atoms with Gasteiger partial charge in [0.2, 0.25) is 6.79 Å². The number of hydrogen-bond acceptors (Lipinski definition) is 4. The van der Waals surface area contributed by atoms with Gasteiger partial charge in [-0.15, -0.1) is 0 Å². The van der Waals surface area contributed by atoms with Gasteiger partial charge in [-0.1, -0.05) is 11.6 Å². The smallest absolute Gasteiger partial charge is 0.253 e. The van der Waals surface area contributed by atoms with Crippen molar-refractivity contribution in [3.05, 3.63) is 22.7 Å². The van der Waals surface area contributed by atoms with Crippen LogP contribution >= 0.6 is 11.6 Å². The van der Waals surface area contributed by atoms with Crippen LogP contribution in [0.3, 0.4) is 0 Å². The molecule has 100 valence electrons. The van der Waals surface area contributed by atoms with Crippen LogP contribution < -0.4 is 9.47 Å². The minimum absolute atomic E-state index is 0.105. The maximum absolute atomic E-state index is 12.2. The van der Waals surface area contributed by atoms with Gasteiger partial charge in [0, 0.05) is 19.2 Å². The molecule has 1 amide bonds. The standard InChI is InChI=1S/C13H13ClN2O3/c1-8(5-15)6-16(2)13(17)9-3-10(14)12-11(4-9)18-7-19-12/h3-4,8H,6-7H2,1-2H3. The van der Waals surface area contributed by atoms with Gasteiger partial charge in [0.25, 0.3) is 5.91 Å². The Morgan fingerprint density at radius 3 is 3.00 bits per heavy atom. The summed E-state index contributed by atoms with van der Waals surface area (Å²) in [6.07, 6.45) is 0. The Kier molecular flexibility index (Phi) is 3.82. The first-order valence-electron chi connectivity index (χ1n) is 5.77. The highest BCUT2D eigenvalue weighted by Crippen LogP contribution is 2.39. The minimum Gasteiger partial charge on any atom is -0.454 e. The van der Waals surface area contributed by atoms with Crippen LogP contribution in [0.5, 0.6) is 11.5 Å². The van der Waals surface area contributed by atoms with E-state index in [-0.39, 0.29) is 18.6 Å². The Balaban J connectivity index is 2.21. The van der Waals surface area contributed by atoms with Gasteiger partial charge in [-0.3, -0.25) is 4.79 Å². The van der Waals surface area contributed by atoms with Crippen LogP contribution in [0.15, 0.2) is 12.1 Å². The molecule has 1 aliphatic heterocycles. The Morgan fingerprint density at radius 1 is 1.58 bits per heavy atom. The molecule has 0 saturated carbocycles. The lowest BCUT2D eigenvalue weighted by molar-refractivity contribution is 0.0784. The number of nitrogens with zero attached hydrogens (tertiary/aromatic N) is 2. The number of rotatable bonds is 3. The van der Waals surface area contributed by atoms with Crippen molar-refractivity contribution in [2.24, 2.45) is 5.92 Å². The van der Waals surface area contributed by atoms with Gasteiger partial charge < -0.3 is 14.4 Å². The van der Waals surface area contributed by atoms with Gasteiger partial charge in [-0.05, 0) is 19.1 Å². The fourth-order valence-corrected chi connectivity index (χ4v) is 2.11. The molecule has 6 heteroatoms. The molecule has 0 N–H and O–H groups in total. The summed E-state index contributed by atoms with van der Waals surface area (Å²) in [5, 5.41) is 9.11. The zero-order valence-corrected chi connectivity index (χ0v) is 11.4. The number of hydrogen-bond donors (Lipinski definition) is 0. The van der Waals surface area contributed by atoms with Crippen molar-refractivity contribution in [1.82, 2.24) is 4.90 Å². The molecule has 0 saturated heterocycles. The summed E-state index contributed by atoms with van der Waals surface area (Å²) >= 11 is 6.03. The molecule has 19 heavy (non-hydrogen) atoms. The topological polar surface area (TPSA) is 62.6 Å². The third kappa shape index (κ3) is 2.74. The molecule has 0 aromatic heterocycles. The largest absolute Gasteiger partial charge is 0.454 e. The summed E-state index contributed by atoms with van der Waals surface area (Å²) in [5.41, 5.74) is 0.418. The van der Waals surface area contributed by atoms with Crippen molar-refractivity contribution in [2.75, 3.05) is 20.4 Å². The number of amides is 1. The second kappa shape index (κ2) is 5.37. The summed E-state index contributed by atoms with van der Waals surface area (Å²) in [5.74, 6) is 0.504. The van der Waals surface area contributed by atoms with Gasteiger partial charge in [0.1, 0.15) is 0 Å². The number of carbonyl (C=O) groups is 1. The minimum atomic E-state index is -0.224. The predicted molar refractivity (Wildman–Crippen MR) is 69.3 cm³/mol. The van der Waals surface area contributed by atoms with Crippen LogP contribution in [0.25, 0.3) is 0 Å². The van der Waals surface area contributed by atoms with E-state index in [0.29, 0.717) is 28.6 Å². The Bertz CT molecular complexity index is 554. The molecule has 0 aliphatic carbocycles. The number of halogens is 1. The molecule has 1 aromatic carbocycles.